The van der Waals surface area contributed by atoms with Gasteiger partial charge < -0.3 is 14.4 Å². The number of fused-ring (bicyclic) bond motifs is 3. The highest BCUT2D eigenvalue weighted by Crippen LogP contribution is 2.32. The van der Waals surface area contributed by atoms with E-state index in [-0.39, 0.29) is 11.2 Å². The maximum atomic E-state index is 13.6. The molecule has 33 heavy (non-hydrogen) atoms. The van der Waals surface area contributed by atoms with E-state index < -0.39 is 0 Å². The molecule has 2 aromatic heterocycles. The van der Waals surface area contributed by atoms with Crippen molar-refractivity contribution in [2.75, 3.05) is 31.1 Å². The molecule has 176 valence electrons. The number of benzene rings is 1. The van der Waals surface area contributed by atoms with Gasteiger partial charge in [0, 0.05) is 38.9 Å². The number of nitrogens with zero attached hydrogens (tertiary/aromatic N) is 6. The molecule has 0 saturated carbocycles. The Labute approximate surface area is 194 Å². The van der Waals surface area contributed by atoms with Crippen molar-refractivity contribution in [1.29, 1.82) is 0 Å². The second kappa shape index (κ2) is 8.82. The van der Waals surface area contributed by atoms with Crippen LogP contribution < -0.4 is 16.1 Å². The first-order valence-corrected chi connectivity index (χ1v) is 12.3. The van der Waals surface area contributed by atoms with Gasteiger partial charge >= 0.3 is 5.69 Å². The van der Waals surface area contributed by atoms with Crippen molar-refractivity contribution in [1.82, 2.24) is 23.6 Å². The topological polar surface area (TPSA) is 68.3 Å². The maximum Gasteiger partial charge on any atom is 0.332 e. The third kappa shape index (κ3) is 3.90. The van der Waals surface area contributed by atoms with Gasteiger partial charge in [-0.3, -0.25) is 13.9 Å². The molecule has 0 spiro atoms. The van der Waals surface area contributed by atoms with Crippen molar-refractivity contribution in [2.45, 2.75) is 52.6 Å². The van der Waals surface area contributed by atoms with E-state index >= 15 is 0 Å². The van der Waals surface area contributed by atoms with Crippen LogP contribution in [-0.4, -0.2) is 49.8 Å². The normalized spacial score (nSPS) is 19.2. The predicted molar refractivity (Wildman–Crippen MR) is 132 cm³/mol. The van der Waals surface area contributed by atoms with E-state index in [1.807, 2.05) is 4.57 Å². The maximum absolute atomic E-state index is 13.6. The van der Waals surface area contributed by atoms with Crippen LogP contribution in [0, 0.1) is 5.92 Å². The number of piperidine rings is 1. The van der Waals surface area contributed by atoms with E-state index in [0.29, 0.717) is 23.6 Å². The van der Waals surface area contributed by atoms with Crippen LogP contribution in [-0.2, 0) is 26.6 Å². The Bertz CT molecular complexity index is 1260. The molecule has 0 N–H and O–H groups in total. The van der Waals surface area contributed by atoms with Crippen molar-refractivity contribution >= 4 is 22.8 Å². The SMILES string of the molecule is CCc1ccc(N2CC(C)Cn3c2nc2c3c(=O)n(CCN3CCCCC3)c(=O)n2C)cc1. The molecule has 8 heteroatoms. The molecular formula is C25H34N6O2. The van der Waals surface area contributed by atoms with Gasteiger partial charge in [0.2, 0.25) is 5.95 Å². The quantitative estimate of drug-likeness (QED) is 0.598. The zero-order chi connectivity index (χ0) is 23.1. The van der Waals surface area contributed by atoms with Crippen molar-refractivity contribution in [3.63, 3.8) is 0 Å². The van der Waals surface area contributed by atoms with Gasteiger partial charge in [-0.15, -0.1) is 0 Å². The number of likely N-dealkylation sites (tertiary alicyclic amines) is 1. The third-order valence-corrected chi connectivity index (χ3v) is 7.19. The average molecular weight is 451 g/mol. The Morgan fingerprint density at radius 2 is 1.73 bits per heavy atom. The summed E-state index contributed by atoms with van der Waals surface area (Å²) in [4.78, 5) is 36.1. The van der Waals surface area contributed by atoms with Gasteiger partial charge in [-0.05, 0) is 56.0 Å². The summed E-state index contributed by atoms with van der Waals surface area (Å²) in [7, 11) is 1.73. The summed E-state index contributed by atoms with van der Waals surface area (Å²) in [6.45, 7) is 9.12. The van der Waals surface area contributed by atoms with Gasteiger partial charge in [0.1, 0.15) is 0 Å². The summed E-state index contributed by atoms with van der Waals surface area (Å²) in [5.41, 5.74) is 2.85. The molecule has 1 unspecified atom stereocenters. The van der Waals surface area contributed by atoms with Crippen LogP contribution in [0.3, 0.4) is 0 Å². The number of hydrogen-bond donors (Lipinski definition) is 0. The lowest BCUT2D eigenvalue weighted by atomic mass is 10.1. The van der Waals surface area contributed by atoms with Crippen LogP contribution in [0.2, 0.25) is 0 Å². The molecule has 2 aliphatic heterocycles. The molecular weight excluding hydrogens is 416 g/mol. The molecule has 1 fully saturated rings. The first kappa shape index (κ1) is 21.9. The minimum Gasteiger partial charge on any atom is -0.312 e. The van der Waals surface area contributed by atoms with Crippen LogP contribution in [0.1, 0.15) is 38.7 Å². The van der Waals surface area contributed by atoms with Crippen LogP contribution in [0.4, 0.5) is 11.6 Å². The van der Waals surface area contributed by atoms with Crippen LogP contribution in [0.25, 0.3) is 11.2 Å². The lowest BCUT2D eigenvalue weighted by Crippen LogP contribution is -2.43. The predicted octanol–water partition coefficient (Wildman–Crippen LogP) is 2.73. The van der Waals surface area contributed by atoms with E-state index in [9.17, 15) is 9.59 Å². The Kier molecular flexibility index (Phi) is 5.86. The lowest BCUT2D eigenvalue weighted by molar-refractivity contribution is 0.218. The Morgan fingerprint density at radius 1 is 1.00 bits per heavy atom. The smallest absolute Gasteiger partial charge is 0.312 e. The molecule has 1 saturated heterocycles. The van der Waals surface area contributed by atoms with Crippen molar-refractivity contribution in [3.05, 3.63) is 50.7 Å². The van der Waals surface area contributed by atoms with Crippen molar-refractivity contribution in [3.8, 4) is 0 Å². The van der Waals surface area contributed by atoms with E-state index in [2.05, 4.69) is 47.9 Å². The average Bonchev–Trinajstić information content (AvgIpc) is 3.22. The van der Waals surface area contributed by atoms with Gasteiger partial charge in [-0.2, -0.15) is 4.98 Å². The first-order chi connectivity index (χ1) is 16.0. The number of rotatable bonds is 5. The van der Waals surface area contributed by atoms with Crippen LogP contribution in [0.15, 0.2) is 33.9 Å². The Morgan fingerprint density at radius 3 is 2.42 bits per heavy atom. The number of imidazole rings is 1. The lowest BCUT2D eigenvalue weighted by Gasteiger charge is -2.33. The molecule has 0 amide bonds. The Hall–Kier alpha value is -2.87. The van der Waals surface area contributed by atoms with Gasteiger partial charge in [0.25, 0.3) is 5.56 Å². The number of aromatic nitrogens is 4. The molecule has 3 aromatic rings. The zero-order valence-corrected chi connectivity index (χ0v) is 20.0. The van der Waals surface area contributed by atoms with E-state index in [4.69, 9.17) is 4.98 Å². The second-order valence-electron chi connectivity index (χ2n) is 9.63. The highest BCUT2D eigenvalue weighted by atomic mass is 16.2. The fourth-order valence-corrected chi connectivity index (χ4v) is 5.26. The summed E-state index contributed by atoms with van der Waals surface area (Å²) in [5.74, 6) is 1.09. The third-order valence-electron chi connectivity index (χ3n) is 7.19. The van der Waals surface area contributed by atoms with Crippen LogP contribution >= 0.6 is 0 Å². The molecule has 0 radical (unpaired) electrons. The molecule has 8 nitrogen and oxygen atoms in total. The molecule has 4 heterocycles. The van der Waals surface area contributed by atoms with E-state index in [0.717, 1.165) is 50.8 Å². The summed E-state index contributed by atoms with van der Waals surface area (Å²) in [6, 6.07) is 8.53. The van der Waals surface area contributed by atoms with Gasteiger partial charge in [-0.25, -0.2) is 4.79 Å². The minimum absolute atomic E-state index is 0.223. The number of anilines is 2. The van der Waals surface area contributed by atoms with E-state index in [1.54, 1.807) is 11.6 Å². The molecule has 1 aromatic carbocycles. The standard InChI is InChI=1S/C25H34N6O2/c1-4-19-8-10-20(11-9-19)30-16-18(2)17-31-21-22(26-24(30)31)27(3)25(33)29(23(21)32)15-14-28-12-6-5-7-13-28/h8-11,18H,4-7,12-17H2,1-3H3. The molecule has 1 atom stereocenters. The monoisotopic (exact) mass is 450 g/mol. The summed E-state index contributed by atoms with van der Waals surface area (Å²) in [6.07, 6.45) is 4.64. The fourth-order valence-electron chi connectivity index (χ4n) is 5.26. The van der Waals surface area contributed by atoms with Crippen LogP contribution in [0.5, 0.6) is 0 Å². The second-order valence-corrected chi connectivity index (χ2v) is 9.63. The fraction of sp³-hybridized carbons (Fsp3) is 0.560. The summed E-state index contributed by atoms with van der Waals surface area (Å²) < 4.78 is 4.98. The van der Waals surface area contributed by atoms with Gasteiger partial charge in [0.05, 0.1) is 0 Å². The van der Waals surface area contributed by atoms with Gasteiger partial charge in [0.15, 0.2) is 11.2 Å². The summed E-state index contributed by atoms with van der Waals surface area (Å²) in [5, 5.41) is 0. The summed E-state index contributed by atoms with van der Waals surface area (Å²) >= 11 is 0. The highest BCUT2D eigenvalue weighted by Gasteiger charge is 2.30. The largest absolute Gasteiger partial charge is 0.332 e. The molecule has 0 bridgehead atoms. The van der Waals surface area contributed by atoms with Gasteiger partial charge in [-0.1, -0.05) is 32.4 Å². The molecule has 0 aliphatic carbocycles. The zero-order valence-electron chi connectivity index (χ0n) is 20.0. The van der Waals surface area contributed by atoms with Crippen molar-refractivity contribution in [2.24, 2.45) is 13.0 Å². The number of aryl methyl sites for hydroxylation is 2. The highest BCUT2D eigenvalue weighted by molar-refractivity contribution is 5.77. The number of hydrogen-bond acceptors (Lipinski definition) is 5. The van der Waals surface area contributed by atoms with Crippen molar-refractivity contribution < 1.29 is 0 Å². The molecule has 2 aliphatic rings. The molecule has 5 rings (SSSR count). The van der Waals surface area contributed by atoms with E-state index in [1.165, 1.54) is 29.4 Å². The first-order valence-electron chi connectivity index (χ1n) is 12.3. The Balaban J connectivity index is 1.58. The minimum atomic E-state index is -0.285.